The molecule has 0 radical (unpaired) electrons. The molecule has 0 amide bonds. The number of aromatic nitrogens is 1. The molecule has 0 aliphatic heterocycles. The number of nitrogens with one attached hydrogen (secondary N) is 1. The Balaban J connectivity index is 2.71. The maximum Gasteiger partial charge on any atom is 0.120 e. The molecule has 0 spiro atoms. The van der Waals surface area contributed by atoms with Crippen LogP contribution in [-0.2, 0) is 4.74 Å². The molecule has 88 valence electrons. The topological polar surface area (TPSA) is 34.1 Å². The van der Waals surface area contributed by atoms with Gasteiger partial charge in [-0.15, -0.1) is 0 Å². The SMILES string of the molecule is C=C(OCC)c1ccc(C(C)NCC)nc1. The zero-order chi connectivity index (χ0) is 12.0. The van der Waals surface area contributed by atoms with Crippen molar-refractivity contribution in [2.24, 2.45) is 0 Å². The summed E-state index contributed by atoms with van der Waals surface area (Å²) in [5.41, 5.74) is 1.98. The van der Waals surface area contributed by atoms with E-state index in [0.717, 1.165) is 17.8 Å². The lowest BCUT2D eigenvalue weighted by atomic mass is 10.1. The van der Waals surface area contributed by atoms with Gasteiger partial charge in [0.2, 0.25) is 0 Å². The molecule has 1 atom stereocenters. The van der Waals surface area contributed by atoms with Gasteiger partial charge in [0.05, 0.1) is 12.3 Å². The molecule has 3 nitrogen and oxygen atoms in total. The first kappa shape index (κ1) is 12.7. The summed E-state index contributed by atoms with van der Waals surface area (Å²) >= 11 is 0. The Hall–Kier alpha value is -1.35. The molecule has 0 saturated carbocycles. The summed E-state index contributed by atoms with van der Waals surface area (Å²) in [6.07, 6.45) is 1.81. The molecule has 16 heavy (non-hydrogen) atoms. The molecule has 0 fully saturated rings. The van der Waals surface area contributed by atoms with E-state index < -0.39 is 0 Å². The molecule has 1 N–H and O–H groups in total. The quantitative estimate of drug-likeness (QED) is 0.748. The third-order valence-corrected chi connectivity index (χ3v) is 2.38. The van der Waals surface area contributed by atoms with Crippen LogP contribution in [-0.4, -0.2) is 18.1 Å². The van der Waals surface area contributed by atoms with E-state index in [1.54, 1.807) is 6.20 Å². The zero-order valence-corrected chi connectivity index (χ0v) is 10.3. The predicted molar refractivity (Wildman–Crippen MR) is 67.0 cm³/mol. The first-order valence-electron chi connectivity index (χ1n) is 5.70. The van der Waals surface area contributed by atoms with Crippen molar-refractivity contribution in [3.05, 3.63) is 36.2 Å². The fraction of sp³-hybridized carbons (Fsp3) is 0.462. The lowest BCUT2D eigenvalue weighted by molar-refractivity contribution is 0.299. The van der Waals surface area contributed by atoms with Gasteiger partial charge in [0.15, 0.2) is 0 Å². The summed E-state index contributed by atoms with van der Waals surface area (Å²) in [4.78, 5) is 4.40. The van der Waals surface area contributed by atoms with E-state index in [0.29, 0.717) is 12.4 Å². The highest BCUT2D eigenvalue weighted by Gasteiger charge is 2.06. The van der Waals surface area contributed by atoms with Crippen molar-refractivity contribution >= 4 is 5.76 Å². The first-order valence-corrected chi connectivity index (χ1v) is 5.70. The van der Waals surface area contributed by atoms with E-state index in [-0.39, 0.29) is 6.04 Å². The van der Waals surface area contributed by atoms with Crippen LogP contribution >= 0.6 is 0 Å². The predicted octanol–water partition coefficient (Wildman–Crippen LogP) is 2.76. The van der Waals surface area contributed by atoms with Crippen LogP contribution in [0.1, 0.15) is 38.1 Å². The molecule has 0 saturated heterocycles. The second-order valence-corrected chi connectivity index (χ2v) is 3.61. The fourth-order valence-electron chi connectivity index (χ4n) is 1.49. The average molecular weight is 220 g/mol. The van der Waals surface area contributed by atoms with Crippen LogP contribution in [0.2, 0.25) is 0 Å². The normalized spacial score (nSPS) is 12.2. The summed E-state index contributed by atoms with van der Waals surface area (Å²) in [7, 11) is 0. The summed E-state index contributed by atoms with van der Waals surface area (Å²) in [5.74, 6) is 0.678. The van der Waals surface area contributed by atoms with Gasteiger partial charge in [-0.05, 0) is 32.5 Å². The van der Waals surface area contributed by atoms with Gasteiger partial charge in [-0.2, -0.15) is 0 Å². The Labute approximate surface area is 97.5 Å². The van der Waals surface area contributed by atoms with Gasteiger partial charge in [0, 0.05) is 17.8 Å². The second kappa shape index (κ2) is 6.28. The van der Waals surface area contributed by atoms with Crippen LogP contribution in [0, 0.1) is 0 Å². The Morgan fingerprint density at radius 2 is 2.25 bits per heavy atom. The number of ether oxygens (including phenoxy) is 1. The van der Waals surface area contributed by atoms with Crippen molar-refractivity contribution in [3.63, 3.8) is 0 Å². The van der Waals surface area contributed by atoms with E-state index in [4.69, 9.17) is 4.74 Å². The third kappa shape index (κ3) is 3.35. The molecule has 0 aromatic carbocycles. The zero-order valence-electron chi connectivity index (χ0n) is 10.3. The minimum atomic E-state index is 0.277. The van der Waals surface area contributed by atoms with Crippen molar-refractivity contribution in [1.29, 1.82) is 0 Å². The maximum atomic E-state index is 5.33. The summed E-state index contributed by atoms with van der Waals surface area (Å²) < 4.78 is 5.33. The molecule has 0 aliphatic carbocycles. The highest BCUT2D eigenvalue weighted by Crippen LogP contribution is 2.15. The number of nitrogens with zero attached hydrogens (tertiary/aromatic N) is 1. The van der Waals surface area contributed by atoms with Crippen molar-refractivity contribution in [1.82, 2.24) is 10.3 Å². The molecule has 1 aromatic rings. The Bertz CT molecular complexity index is 332. The standard InChI is InChI=1S/C13H20N2O/c1-5-14-10(3)13-8-7-12(9-15-13)11(4)16-6-2/h7-10,14H,4-6H2,1-3H3. The minimum Gasteiger partial charge on any atom is -0.494 e. The fourth-order valence-corrected chi connectivity index (χ4v) is 1.49. The van der Waals surface area contributed by atoms with Gasteiger partial charge in [-0.3, -0.25) is 4.98 Å². The number of hydrogen-bond acceptors (Lipinski definition) is 3. The summed E-state index contributed by atoms with van der Waals surface area (Å²) in [6.45, 7) is 11.6. The maximum absolute atomic E-state index is 5.33. The third-order valence-electron chi connectivity index (χ3n) is 2.38. The van der Waals surface area contributed by atoms with Gasteiger partial charge < -0.3 is 10.1 Å². The van der Waals surface area contributed by atoms with E-state index in [1.165, 1.54) is 0 Å². The molecule has 1 rings (SSSR count). The van der Waals surface area contributed by atoms with Gasteiger partial charge in [0.25, 0.3) is 0 Å². The molecule has 1 unspecified atom stereocenters. The molecule has 1 heterocycles. The first-order chi connectivity index (χ1) is 7.69. The Morgan fingerprint density at radius 3 is 2.75 bits per heavy atom. The van der Waals surface area contributed by atoms with Gasteiger partial charge in [0.1, 0.15) is 5.76 Å². The summed E-state index contributed by atoms with van der Waals surface area (Å²) in [5, 5.41) is 3.32. The monoisotopic (exact) mass is 220 g/mol. The minimum absolute atomic E-state index is 0.277. The second-order valence-electron chi connectivity index (χ2n) is 3.61. The van der Waals surface area contributed by atoms with Crippen molar-refractivity contribution < 1.29 is 4.74 Å². The van der Waals surface area contributed by atoms with Crippen molar-refractivity contribution in [2.75, 3.05) is 13.2 Å². The van der Waals surface area contributed by atoms with Crippen molar-refractivity contribution in [3.8, 4) is 0 Å². The van der Waals surface area contributed by atoms with Crippen molar-refractivity contribution in [2.45, 2.75) is 26.8 Å². The van der Waals surface area contributed by atoms with Crippen LogP contribution in [0.4, 0.5) is 0 Å². The molecule has 1 aromatic heterocycles. The highest BCUT2D eigenvalue weighted by molar-refractivity contribution is 5.56. The summed E-state index contributed by atoms with van der Waals surface area (Å²) in [6, 6.07) is 4.28. The number of rotatable bonds is 6. The van der Waals surface area contributed by atoms with Crippen LogP contribution in [0.5, 0.6) is 0 Å². The molecular formula is C13H20N2O. The largest absolute Gasteiger partial charge is 0.494 e. The van der Waals surface area contributed by atoms with E-state index in [1.807, 2.05) is 19.1 Å². The smallest absolute Gasteiger partial charge is 0.120 e. The number of hydrogen-bond donors (Lipinski definition) is 1. The van der Waals surface area contributed by atoms with Crippen LogP contribution in [0.25, 0.3) is 5.76 Å². The van der Waals surface area contributed by atoms with Gasteiger partial charge >= 0.3 is 0 Å². The Kier molecular flexibility index (Phi) is 4.99. The highest BCUT2D eigenvalue weighted by atomic mass is 16.5. The Morgan fingerprint density at radius 1 is 1.50 bits per heavy atom. The van der Waals surface area contributed by atoms with Crippen LogP contribution < -0.4 is 5.32 Å². The number of pyridine rings is 1. The van der Waals surface area contributed by atoms with E-state index in [9.17, 15) is 0 Å². The van der Waals surface area contributed by atoms with E-state index >= 15 is 0 Å². The average Bonchev–Trinajstić information content (AvgIpc) is 2.30. The van der Waals surface area contributed by atoms with E-state index in [2.05, 4.69) is 30.7 Å². The molecule has 0 aliphatic rings. The lowest BCUT2D eigenvalue weighted by Gasteiger charge is -2.12. The van der Waals surface area contributed by atoms with Gasteiger partial charge in [-0.25, -0.2) is 0 Å². The van der Waals surface area contributed by atoms with Gasteiger partial charge in [-0.1, -0.05) is 13.5 Å². The molecule has 0 bridgehead atoms. The molecule has 3 heteroatoms. The van der Waals surface area contributed by atoms with Crippen LogP contribution in [0.15, 0.2) is 24.9 Å². The molecular weight excluding hydrogens is 200 g/mol. The van der Waals surface area contributed by atoms with Crippen LogP contribution in [0.3, 0.4) is 0 Å². The lowest BCUT2D eigenvalue weighted by Crippen LogP contribution is -2.18.